The lowest BCUT2D eigenvalue weighted by Crippen LogP contribution is -2.26. The SMILES string of the molecule is CCCSSCCOC(=O)CCN(C)CCC(=O)OCCSSC. The zero-order chi connectivity index (χ0) is 18.0. The van der Waals surface area contributed by atoms with Crippen molar-refractivity contribution in [1.82, 2.24) is 4.90 Å². The molecule has 0 N–H and O–H groups in total. The summed E-state index contributed by atoms with van der Waals surface area (Å²) in [5.74, 6) is 2.39. The topological polar surface area (TPSA) is 55.8 Å². The van der Waals surface area contributed by atoms with Gasteiger partial charge in [-0.1, -0.05) is 50.1 Å². The van der Waals surface area contributed by atoms with Crippen LogP contribution in [0.25, 0.3) is 0 Å². The molecule has 0 bridgehead atoms. The van der Waals surface area contributed by atoms with Crippen LogP contribution in [0, 0.1) is 0 Å². The van der Waals surface area contributed by atoms with Crippen molar-refractivity contribution in [1.29, 1.82) is 0 Å². The molecule has 0 atom stereocenters. The monoisotopic (exact) mass is 415 g/mol. The van der Waals surface area contributed by atoms with E-state index in [9.17, 15) is 9.59 Å². The molecule has 0 unspecified atom stereocenters. The van der Waals surface area contributed by atoms with Gasteiger partial charge in [-0.05, 0) is 19.7 Å². The molecule has 0 aliphatic carbocycles. The average molecular weight is 416 g/mol. The van der Waals surface area contributed by atoms with E-state index in [1.807, 2.05) is 29.0 Å². The minimum Gasteiger partial charge on any atom is -0.465 e. The predicted octanol–water partition coefficient (Wildman–Crippen LogP) is 3.59. The van der Waals surface area contributed by atoms with Crippen LogP contribution in [0.3, 0.4) is 0 Å². The molecule has 9 heteroatoms. The summed E-state index contributed by atoms with van der Waals surface area (Å²) in [5.41, 5.74) is 0. The fourth-order valence-electron chi connectivity index (χ4n) is 1.48. The smallest absolute Gasteiger partial charge is 0.307 e. The normalized spacial score (nSPS) is 10.8. The van der Waals surface area contributed by atoms with Gasteiger partial charge in [0.05, 0.1) is 12.8 Å². The number of hydrogen-bond acceptors (Lipinski definition) is 9. The van der Waals surface area contributed by atoms with Crippen molar-refractivity contribution in [2.75, 3.05) is 56.9 Å². The Labute approximate surface area is 161 Å². The molecule has 0 fully saturated rings. The molecule has 142 valence electrons. The highest BCUT2D eigenvalue weighted by Gasteiger charge is 2.09. The van der Waals surface area contributed by atoms with Gasteiger partial charge in [-0.3, -0.25) is 9.59 Å². The molecule has 0 aromatic rings. The van der Waals surface area contributed by atoms with Crippen molar-refractivity contribution in [2.45, 2.75) is 26.2 Å². The maximum Gasteiger partial charge on any atom is 0.307 e. The van der Waals surface area contributed by atoms with Gasteiger partial charge in [0.1, 0.15) is 13.2 Å². The van der Waals surface area contributed by atoms with Gasteiger partial charge in [-0.15, -0.1) is 0 Å². The third-order valence-corrected chi connectivity index (χ3v) is 7.09. The Morgan fingerprint density at radius 2 is 1.38 bits per heavy atom. The van der Waals surface area contributed by atoms with Crippen LogP contribution in [0.2, 0.25) is 0 Å². The number of hydrogen-bond donors (Lipinski definition) is 0. The molecule has 0 aliphatic rings. The van der Waals surface area contributed by atoms with Crippen molar-refractivity contribution in [3.8, 4) is 0 Å². The summed E-state index contributed by atoms with van der Waals surface area (Å²) in [5, 5.41) is 0. The van der Waals surface area contributed by atoms with E-state index < -0.39 is 0 Å². The summed E-state index contributed by atoms with van der Waals surface area (Å²) >= 11 is 0. The summed E-state index contributed by atoms with van der Waals surface area (Å²) in [6.07, 6.45) is 3.86. The van der Waals surface area contributed by atoms with E-state index in [2.05, 4.69) is 6.92 Å². The highest BCUT2D eigenvalue weighted by Crippen LogP contribution is 2.21. The van der Waals surface area contributed by atoms with Crippen LogP contribution in [-0.4, -0.2) is 73.7 Å². The van der Waals surface area contributed by atoms with Gasteiger partial charge in [0.2, 0.25) is 0 Å². The summed E-state index contributed by atoms with van der Waals surface area (Å²) in [6, 6.07) is 0. The molecule has 0 saturated carbocycles. The summed E-state index contributed by atoms with van der Waals surface area (Å²) in [7, 11) is 8.78. The molecular formula is C15H29NO4S4. The van der Waals surface area contributed by atoms with Gasteiger partial charge in [-0.25, -0.2) is 0 Å². The Morgan fingerprint density at radius 3 is 1.88 bits per heavy atom. The number of rotatable bonds is 16. The first-order valence-electron chi connectivity index (χ1n) is 8.00. The van der Waals surface area contributed by atoms with Crippen LogP contribution in [0.1, 0.15) is 26.2 Å². The van der Waals surface area contributed by atoms with Gasteiger partial charge in [0, 0.05) is 30.3 Å². The Bertz CT molecular complexity index is 335. The van der Waals surface area contributed by atoms with E-state index in [1.54, 1.807) is 32.4 Å². The van der Waals surface area contributed by atoms with Gasteiger partial charge in [0.15, 0.2) is 0 Å². The van der Waals surface area contributed by atoms with Crippen LogP contribution in [-0.2, 0) is 19.1 Å². The highest BCUT2D eigenvalue weighted by molar-refractivity contribution is 8.76. The minimum absolute atomic E-state index is 0.181. The third kappa shape index (κ3) is 17.1. The summed E-state index contributed by atoms with van der Waals surface area (Å²) < 4.78 is 10.3. The highest BCUT2D eigenvalue weighted by atomic mass is 33.1. The Kier molecular flexibility index (Phi) is 18.3. The third-order valence-electron chi connectivity index (χ3n) is 2.74. The number of ether oxygens (including phenoxy) is 2. The average Bonchev–Trinajstić information content (AvgIpc) is 2.58. The van der Waals surface area contributed by atoms with Gasteiger partial charge < -0.3 is 14.4 Å². The number of nitrogens with zero attached hydrogens (tertiary/aromatic N) is 1. The maximum absolute atomic E-state index is 11.6. The lowest BCUT2D eigenvalue weighted by atomic mass is 10.3. The van der Waals surface area contributed by atoms with Crippen LogP contribution in [0.5, 0.6) is 0 Å². The summed E-state index contributed by atoms with van der Waals surface area (Å²) in [6.45, 7) is 4.24. The van der Waals surface area contributed by atoms with Crippen molar-refractivity contribution in [3.63, 3.8) is 0 Å². The predicted molar refractivity (Wildman–Crippen MR) is 110 cm³/mol. The van der Waals surface area contributed by atoms with Crippen LogP contribution in [0.4, 0.5) is 0 Å². The molecule has 0 radical (unpaired) electrons. The molecule has 5 nitrogen and oxygen atoms in total. The van der Waals surface area contributed by atoms with Crippen molar-refractivity contribution in [2.24, 2.45) is 0 Å². The Morgan fingerprint density at radius 1 is 0.875 bits per heavy atom. The largest absolute Gasteiger partial charge is 0.465 e. The Hall–Kier alpha value is 0.300. The molecule has 0 aliphatic heterocycles. The van der Waals surface area contributed by atoms with Gasteiger partial charge in [-0.2, -0.15) is 0 Å². The second-order valence-corrected chi connectivity index (χ2v) is 10.3. The lowest BCUT2D eigenvalue weighted by Gasteiger charge is -2.15. The molecule has 0 spiro atoms. The van der Waals surface area contributed by atoms with Crippen LogP contribution < -0.4 is 0 Å². The standard InChI is InChI=1S/C15H29NO4S4/c1-4-11-23-24-13-10-20-15(18)6-8-16(2)7-5-14(17)19-9-12-22-21-3/h4-13H2,1-3H3. The van der Waals surface area contributed by atoms with E-state index >= 15 is 0 Å². The lowest BCUT2D eigenvalue weighted by molar-refractivity contribution is -0.143. The molecule has 24 heavy (non-hydrogen) atoms. The van der Waals surface area contributed by atoms with E-state index in [1.165, 1.54) is 0 Å². The van der Waals surface area contributed by atoms with Crippen molar-refractivity contribution < 1.29 is 19.1 Å². The Balaban J connectivity index is 3.51. The van der Waals surface area contributed by atoms with Crippen LogP contribution in [0.15, 0.2) is 0 Å². The number of carbonyl (C=O) groups excluding carboxylic acids is 2. The molecule has 0 aromatic carbocycles. The molecule has 0 saturated heterocycles. The molecule has 0 amide bonds. The van der Waals surface area contributed by atoms with Crippen molar-refractivity contribution in [3.05, 3.63) is 0 Å². The van der Waals surface area contributed by atoms with E-state index in [4.69, 9.17) is 9.47 Å². The minimum atomic E-state index is -0.187. The second-order valence-electron chi connectivity index (χ2n) is 4.88. The number of esters is 2. The first-order valence-corrected chi connectivity index (χ1v) is 13.2. The molecule has 0 aromatic heterocycles. The van der Waals surface area contributed by atoms with Gasteiger partial charge >= 0.3 is 11.9 Å². The fraction of sp³-hybridized carbons (Fsp3) is 0.867. The zero-order valence-electron chi connectivity index (χ0n) is 14.8. The molecule has 0 rings (SSSR count). The fourth-order valence-corrected chi connectivity index (χ4v) is 4.47. The molecular weight excluding hydrogens is 386 g/mol. The number of carbonyl (C=O) groups is 2. The van der Waals surface area contributed by atoms with Crippen molar-refractivity contribution >= 4 is 55.1 Å². The zero-order valence-corrected chi connectivity index (χ0v) is 18.1. The van der Waals surface area contributed by atoms with Gasteiger partial charge in [0.25, 0.3) is 0 Å². The first kappa shape index (κ1) is 24.3. The molecule has 0 heterocycles. The summed E-state index contributed by atoms with van der Waals surface area (Å²) in [4.78, 5) is 25.1. The van der Waals surface area contributed by atoms with Crippen LogP contribution >= 0.6 is 43.2 Å². The quantitative estimate of drug-likeness (QED) is 0.214. The van der Waals surface area contributed by atoms with E-state index in [0.29, 0.717) is 39.1 Å². The first-order chi connectivity index (χ1) is 11.6. The second kappa shape index (κ2) is 18.1. The maximum atomic E-state index is 11.6. The van der Waals surface area contributed by atoms with E-state index in [0.717, 1.165) is 23.7 Å². The van der Waals surface area contributed by atoms with E-state index in [-0.39, 0.29) is 11.9 Å².